The molecule has 2 rings (SSSR count). The fraction of sp³-hybridized carbons (Fsp3) is 0. The van der Waals surface area contributed by atoms with Gasteiger partial charge >= 0.3 is 0 Å². The summed E-state index contributed by atoms with van der Waals surface area (Å²) in [5.74, 6) is 0. The molecule has 0 aliphatic rings. The molecule has 0 spiro atoms. The van der Waals surface area contributed by atoms with Gasteiger partial charge in [-0.1, -0.05) is 24.3 Å². The summed E-state index contributed by atoms with van der Waals surface area (Å²) < 4.78 is 0. The molecule has 0 bridgehead atoms. The van der Waals surface area contributed by atoms with Crippen LogP contribution in [0.3, 0.4) is 0 Å². The minimum Gasteiger partial charge on any atom is -0.222 e. The standard InChI is InChI=1S/2C4H4S.2CHNO/c2*1-2-4-5-3-1;2*2-1-3/h2*1-4H;2*2H. The van der Waals surface area contributed by atoms with E-state index in [0.29, 0.717) is 0 Å². The number of carbonyl (C=O) groups excluding carboxylic acids is 2. The third-order valence-electron chi connectivity index (χ3n) is 0.851. The average Bonchev–Trinajstić information content (AvgIpc) is 3.00. The molecule has 4 nitrogen and oxygen atoms in total. The van der Waals surface area contributed by atoms with Gasteiger partial charge in [-0.3, -0.25) is 0 Å². The molecule has 6 heteroatoms. The Hall–Kier alpha value is -1.84. The minimum atomic E-state index is 0.750. The van der Waals surface area contributed by atoms with Crippen LogP contribution in [0.2, 0.25) is 0 Å². The molecular weight excluding hydrogens is 244 g/mol. The topological polar surface area (TPSA) is 81.8 Å². The summed E-state index contributed by atoms with van der Waals surface area (Å²) in [7, 11) is 0. The van der Waals surface area contributed by atoms with E-state index in [2.05, 4.69) is 0 Å². The summed E-state index contributed by atoms with van der Waals surface area (Å²) in [4.78, 5) is 16.7. The molecule has 84 valence electrons. The minimum absolute atomic E-state index is 0.750. The maximum Gasteiger partial charge on any atom is 0.231 e. The lowest BCUT2D eigenvalue weighted by Gasteiger charge is -1.39. The molecule has 0 fully saturated rings. The van der Waals surface area contributed by atoms with E-state index in [1.54, 1.807) is 22.7 Å². The van der Waals surface area contributed by atoms with Gasteiger partial charge in [0.2, 0.25) is 12.2 Å². The first-order valence-corrected chi connectivity index (χ1v) is 5.74. The highest BCUT2D eigenvalue weighted by Gasteiger charge is 1.59. The number of hydrogen-bond acceptors (Lipinski definition) is 6. The molecule has 2 aromatic rings. The quantitative estimate of drug-likeness (QED) is 0.558. The number of hydrogen-bond donors (Lipinski definition) is 2. The molecule has 0 atom stereocenters. The Morgan fingerprint density at radius 1 is 0.688 bits per heavy atom. The highest BCUT2D eigenvalue weighted by Crippen LogP contribution is 1.92. The van der Waals surface area contributed by atoms with Gasteiger partial charge in [-0.2, -0.15) is 22.7 Å². The third kappa shape index (κ3) is 22.7. The smallest absolute Gasteiger partial charge is 0.222 e. The molecule has 2 aromatic heterocycles. The van der Waals surface area contributed by atoms with Crippen molar-refractivity contribution >= 4 is 34.8 Å². The van der Waals surface area contributed by atoms with Crippen molar-refractivity contribution in [1.29, 1.82) is 10.8 Å². The van der Waals surface area contributed by atoms with E-state index in [1.165, 1.54) is 0 Å². The molecule has 0 radical (unpaired) electrons. The van der Waals surface area contributed by atoms with E-state index in [0.717, 1.165) is 12.2 Å². The number of isocyanates is 2. The Bertz CT molecular complexity index is 287. The van der Waals surface area contributed by atoms with Gasteiger partial charge < -0.3 is 0 Å². The van der Waals surface area contributed by atoms with E-state index in [9.17, 15) is 0 Å². The zero-order chi connectivity index (χ0) is 12.5. The summed E-state index contributed by atoms with van der Waals surface area (Å²) in [6.45, 7) is 0. The lowest BCUT2D eigenvalue weighted by Crippen LogP contribution is -1.16. The Morgan fingerprint density at radius 2 is 0.875 bits per heavy atom. The molecule has 16 heavy (non-hydrogen) atoms. The lowest BCUT2D eigenvalue weighted by atomic mass is 10.7. The molecule has 0 saturated heterocycles. The van der Waals surface area contributed by atoms with Gasteiger partial charge in [0, 0.05) is 0 Å². The fourth-order valence-corrected chi connectivity index (χ4v) is 1.36. The summed E-state index contributed by atoms with van der Waals surface area (Å²) in [5, 5.41) is 19.0. The van der Waals surface area contributed by atoms with E-state index in [-0.39, 0.29) is 0 Å². The Morgan fingerprint density at radius 3 is 0.938 bits per heavy atom. The molecule has 2 N–H and O–H groups in total. The second-order valence-corrected chi connectivity index (χ2v) is 3.42. The molecule has 0 aliphatic heterocycles. The van der Waals surface area contributed by atoms with Crippen molar-refractivity contribution in [2.75, 3.05) is 0 Å². The van der Waals surface area contributed by atoms with Gasteiger partial charge in [0.05, 0.1) is 0 Å². The van der Waals surface area contributed by atoms with Crippen LogP contribution >= 0.6 is 22.7 Å². The predicted molar refractivity (Wildman–Crippen MR) is 65.5 cm³/mol. The van der Waals surface area contributed by atoms with Gasteiger partial charge in [0.25, 0.3) is 0 Å². The van der Waals surface area contributed by atoms with Crippen molar-refractivity contribution in [3.63, 3.8) is 0 Å². The van der Waals surface area contributed by atoms with Crippen molar-refractivity contribution < 1.29 is 9.59 Å². The van der Waals surface area contributed by atoms with Crippen LogP contribution < -0.4 is 0 Å². The predicted octanol–water partition coefficient (Wildman–Crippen LogP) is 3.30. The molecule has 0 aliphatic carbocycles. The van der Waals surface area contributed by atoms with Crippen molar-refractivity contribution in [1.82, 2.24) is 0 Å². The average molecular weight is 254 g/mol. The first-order chi connectivity index (χ1) is 7.83. The van der Waals surface area contributed by atoms with Crippen LogP contribution in [0, 0.1) is 10.8 Å². The summed E-state index contributed by atoms with van der Waals surface area (Å²) >= 11 is 3.43. The summed E-state index contributed by atoms with van der Waals surface area (Å²) in [6, 6.07) is 8.07. The van der Waals surface area contributed by atoms with Crippen molar-refractivity contribution in [3.8, 4) is 0 Å². The van der Waals surface area contributed by atoms with Crippen LogP contribution in [-0.2, 0) is 9.59 Å². The van der Waals surface area contributed by atoms with Crippen molar-refractivity contribution in [2.24, 2.45) is 0 Å². The zero-order valence-electron chi connectivity index (χ0n) is 8.25. The van der Waals surface area contributed by atoms with Gasteiger partial charge in [-0.25, -0.2) is 20.4 Å². The molecule has 0 aromatic carbocycles. The van der Waals surface area contributed by atoms with Crippen LogP contribution in [0.15, 0.2) is 45.8 Å². The fourth-order valence-electron chi connectivity index (χ4n) is 0.454. The van der Waals surface area contributed by atoms with E-state index >= 15 is 0 Å². The van der Waals surface area contributed by atoms with Gasteiger partial charge in [0.15, 0.2) is 0 Å². The molecule has 0 saturated carbocycles. The molecular formula is C10H10N2O2S2. The van der Waals surface area contributed by atoms with Gasteiger partial charge in [-0.05, 0) is 21.5 Å². The highest BCUT2D eigenvalue weighted by molar-refractivity contribution is 7.08. The normalized spacial score (nSPS) is 6.00. The van der Waals surface area contributed by atoms with Crippen molar-refractivity contribution in [3.05, 3.63) is 45.8 Å². The SMILES string of the molecule is N=C=O.N=C=O.c1ccsc1.c1ccsc1. The van der Waals surface area contributed by atoms with E-state index in [4.69, 9.17) is 20.4 Å². The number of rotatable bonds is 0. The molecule has 0 unspecified atom stereocenters. The zero-order valence-corrected chi connectivity index (χ0v) is 9.88. The van der Waals surface area contributed by atoms with Crippen LogP contribution in [0.4, 0.5) is 0 Å². The summed E-state index contributed by atoms with van der Waals surface area (Å²) in [6.07, 6.45) is 1.50. The largest absolute Gasteiger partial charge is 0.231 e. The first kappa shape index (κ1) is 16.6. The maximum absolute atomic E-state index is 8.35. The van der Waals surface area contributed by atoms with Crippen LogP contribution in [0.25, 0.3) is 0 Å². The van der Waals surface area contributed by atoms with Gasteiger partial charge in [-0.15, -0.1) is 0 Å². The highest BCUT2D eigenvalue weighted by atomic mass is 32.1. The first-order valence-electron chi connectivity index (χ1n) is 3.85. The lowest BCUT2D eigenvalue weighted by molar-refractivity contribution is 0.562. The van der Waals surface area contributed by atoms with E-state index < -0.39 is 0 Å². The van der Waals surface area contributed by atoms with Gasteiger partial charge in [0.1, 0.15) is 0 Å². The molecule has 2 heterocycles. The third-order valence-corrected chi connectivity index (χ3v) is 2.11. The van der Waals surface area contributed by atoms with Crippen molar-refractivity contribution in [2.45, 2.75) is 0 Å². The maximum atomic E-state index is 8.35. The number of thiophene rings is 2. The molecule has 0 amide bonds. The van der Waals surface area contributed by atoms with Crippen LogP contribution in [0.5, 0.6) is 0 Å². The Balaban J connectivity index is 0. The second-order valence-electron chi connectivity index (χ2n) is 1.79. The summed E-state index contributed by atoms with van der Waals surface area (Å²) in [5.41, 5.74) is 0. The Kier molecular flexibility index (Phi) is 19.5. The second kappa shape index (κ2) is 18.9. The number of nitrogens with one attached hydrogen (secondary N) is 2. The monoisotopic (exact) mass is 254 g/mol. The Labute approximate surface area is 101 Å². The van der Waals surface area contributed by atoms with E-state index in [1.807, 2.05) is 45.8 Å². The van der Waals surface area contributed by atoms with Crippen LogP contribution in [-0.4, -0.2) is 12.2 Å². The van der Waals surface area contributed by atoms with Crippen LogP contribution in [0.1, 0.15) is 0 Å².